The van der Waals surface area contributed by atoms with Gasteiger partial charge in [0.05, 0.1) is 10.6 Å². The molecule has 0 aliphatic rings. The van der Waals surface area contributed by atoms with Crippen molar-refractivity contribution in [3.05, 3.63) is 71.0 Å². The third kappa shape index (κ3) is 3.16. The van der Waals surface area contributed by atoms with E-state index in [1.807, 2.05) is 46.5 Å². The summed E-state index contributed by atoms with van der Waals surface area (Å²) in [6.07, 6.45) is 1.89. The molecule has 0 bridgehead atoms. The molecule has 3 aromatic rings. The zero-order chi connectivity index (χ0) is 15.6. The summed E-state index contributed by atoms with van der Waals surface area (Å²) in [6.45, 7) is 0. The van der Waals surface area contributed by atoms with Gasteiger partial charge in [0.1, 0.15) is 0 Å². The SMILES string of the molecule is NS(=O)(=O)c1ccc(-n2ccsc2=Nc2ccccc2)cc1. The van der Waals surface area contributed by atoms with E-state index in [0.717, 1.165) is 16.2 Å². The summed E-state index contributed by atoms with van der Waals surface area (Å²) in [5.41, 5.74) is 1.68. The molecule has 0 saturated carbocycles. The number of aromatic nitrogens is 1. The molecule has 0 spiro atoms. The molecule has 0 atom stereocenters. The van der Waals surface area contributed by atoms with E-state index in [4.69, 9.17) is 5.14 Å². The predicted molar refractivity (Wildman–Crippen MR) is 86.7 cm³/mol. The van der Waals surface area contributed by atoms with E-state index < -0.39 is 10.0 Å². The summed E-state index contributed by atoms with van der Waals surface area (Å²) >= 11 is 1.50. The molecule has 22 heavy (non-hydrogen) atoms. The molecular weight excluding hydrogens is 318 g/mol. The third-order valence-corrected chi connectivity index (χ3v) is 4.70. The van der Waals surface area contributed by atoms with Crippen LogP contribution in [0.3, 0.4) is 0 Å². The Bertz CT molecular complexity index is 940. The lowest BCUT2D eigenvalue weighted by molar-refractivity contribution is 0.598. The molecule has 3 rings (SSSR count). The predicted octanol–water partition coefficient (Wildman–Crippen LogP) is 2.42. The Balaban J connectivity index is 2.04. The van der Waals surface area contributed by atoms with E-state index in [1.54, 1.807) is 12.1 Å². The fraction of sp³-hybridized carbons (Fsp3) is 0. The Hall–Kier alpha value is -2.22. The van der Waals surface area contributed by atoms with Gasteiger partial charge >= 0.3 is 0 Å². The Kier molecular flexibility index (Phi) is 3.93. The van der Waals surface area contributed by atoms with E-state index in [1.165, 1.54) is 23.5 Å². The second kappa shape index (κ2) is 5.88. The number of nitrogens with zero attached hydrogens (tertiary/aromatic N) is 2. The standard InChI is InChI=1S/C15H13N3O2S2/c16-22(19,20)14-8-6-13(7-9-14)18-10-11-21-15(18)17-12-4-2-1-3-5-12/h1-11H,(H2,16,19,20). The van der Waals surface area contributed by atoms with Crippen LogP contribution in [0.4, 0.5) is 5.69 Å². The second-order valence-electron chi connectivity index (χ2n) is 4.54. The quantitative estimate of drug-likeness (QED) is 0.800. The first kappa shape index (κ1) is 14.7. The summed E-state index contributed by atoms with van der Waals surface area (Å²) in [5.74, 6) is 0. The van der Waals surface area contributed by atoms with Crippen LogP contribution in [-0.2, 0) is 10.0 Å². The van der Waals surface area contributed by atoms with Crippen LogP contribution < -0.4 is 9.94 Å². The number of para-hydroxylation sites is 1. The lowest BCUT2D eigenvalue weighted by Crippen LogP contribution is -2.14. The maximum absolute atomic E-state index is 11.3. The number of rotatable bonds is 3. The van der Waals surface area contributed by atoms with Crippen molar-refractivity contribution in [3.63, 3.8) is 0 Å². The van der Waals surface area contributed by atoms with Gasteiger partial charge in [-0.2, -0.15) is 0 Å². The lowest BCUT2D eigenvalue weighted by Gasteiger charge is -2.04. The van der Waals surface area contributed by atoms with E-state index >= 15 is 0 Å². The largest absolute Gasteiger partial charge is 0.292 e. The molecule has 1 aromatic heterocycles. The Morgan fingerprint density at radius 3 is 2.32 bits per heavy atom. The molecular formula is C15H13N3O2S2. The fourth-order valence-electron chi connectivity index (χ4n) is 1.96. The first-order chi connectivity index (χ1) is 10.5. The first-order valence-corrected chi connectivity index (χ1v) is 8.86. The first-order valence-electron chi connectivity index (χ1n) is 6.43. The van der Waals surface area contributed by atoms with Crippen molar-refractivity contribution in [1.82, 2.24) is 4.57 Å². The van der Waals surface area contributed by atoms with Crippen molar-refractivity contribution >= 4 is 27.0 Å². The minimum Gasteiger partial charge on any atom is -0.292 e. The summed E-state index contributed by atoms with van der Waals surface area (Å²) in [4.78, 5) is 5.48. The van der Waals surface area contributed by atoms with E-state index in [0.29, 0.717) is 0 Å². The maximum Gasteiger partial charge on any atom is 0.238 e. The molecule has 0 aliphatic heterocycles. The highest BCUT2D eigenvalue weighted by atomic mass is 32.2. The number of hydrogen-bond acceptors (Lipinski definition) is 4. The zero-order valence-electron chi connectivity index (χ0n) is 11.5. The molecule has 7 heteroatoms. The van der Waals surface area contributed by atoms with Crippen molar-refractivity contribution < 1.29 is 8.42 Å². The number of benzene rings is 2. The summed E-state index contributed by atoms with van der Waals surface area (Å²) in [6, 6.07) is 16.0. The van der Waals surface area contributed by atoms with Crippen LogP contribution in [0.25, 0.3) is 5.69 Å². The van der Waals surface area contributed by atoms with Crippen molar-refractivity contribution in [2.75, 3.05) is 0 Å². The highest BCUT2D eigenvalue weighted by Gasteiger charge is 2.07. The maximum atomic E-state index is 11.3. The number of primary sulfonamides is 1. The molecule has 2 aromatic carbocycles. The molecule has 1 heterocycles. The molecule has 0 fully saturated rings. The highest BCUT2D eigenvalue weighted by Crippen LogP contribution is 2.13. The van der Waals surface area contributed by atoms with Crippen LogP contribution in [0.15, 0.2) is 76.1 Å². The molecule has 0 saturated heterocycles. The topological polar surface area (TPSA) is 77.5 Å². The average Bonchev–Trinajstić information content (AvgIpc) is 2.96. The van der Waals surface area contributed by atoms with Crippen molar-refractivity contribution in [2.45, 2.75) is 4.90 Å². The van der Waals surface area contributed by atoms with Gasteiger partial charge in [-0.3, -0.25) is 4.57 Å². The number of nitrogens with two attached hydrogens (primary N) is 1. The fourth-order valence-corrected chi connectivity index (χ4v) is 3.22. The minimum atomic E-state index is -3.68. The summed E-state index contributed by atoms with van der Waals surface area (Å²) in [5, 5.41) is 7.03. The Labute approximate surface area is 132 Å². The van der Waals surface area contributed by atoms with Gasteiger partial charge in [-0.1, -0.05) is 18.2 Å². The molecule has 112 valence electrons. The highest BCUT2D eigenvalue weighted by molar-refractivity contribution is 7.89. The van der Waals surface area contributed by atoms with Gasteiger partial charge in [0.2, 0.25) is 10.0 Å². The molecule has 5 nitrogen and oxygen atoms in total. The van der Waals surface area contributed by atoms with Gasteiger partial charge in [0.15, 0.2) is 4.80 Å². The van der Waals surface area contributed by atoms with Crippen LogP contribution in [0, 0.1) is 0 Å². The van der Waals surface area contributed by atoms with Gasteiger partial charge in [0.25, 0.3) is 0 Å². The number of hydrogen-bond donors (Lipinski definition) is 1. The summed E-state index contributed by atoms with van der Waals surface area (Å²) in [7, 11) is -3.68. The normalized spacial score (nSPS) is 12.5. The van der Waals surface area contributed by atoms with Crippen LogP contribution in [0.1, 0.15) is 0 Å². The Morgan fingerprint density at radius 2 is 1.68 bits per heavy atom. The van der Waals surface area contributed by atoms with E-state index in [-0.39, 0.29) is 4.90 Å². The van der Waals surface area contributed by atoms with E-state index in [9.17, 15) is 8.42 Å². The molecule has 0 radical (unpaired) electrons. The molecule has 2 N–H and O–H groups in total. The number of sulfonamides is 1. The Morgan fingerprint density at radius 1 is 1.00 bits per heavy atom. The van der Waals surface area contributed by atoms with Crippen LogP contribution >= 0.6 is 11.3 Å². The third-order valence-electron chi connectivity index (χ3n) is 3.01. The van der Waals surface area contributed by atoms with E-state index in [2.05, 4.69) is 4.99 Å². The van der Waals surface area contributed by atoms with Gasteiger partial charge < -0.3 is 0 Å². The summed E-state index contributed by atoms with van der Waals surface area (Å²) < 4.78 is 24.5. The van der Waals surface area contributed by atoms with Crippen LogP contribution in [0.2, 0.25) is 0 Å². The lowest BCUT2D eigenvalue weighted by atomic mass is 10.3. The molecule has 0 unspecified atom stereocenters. The van der Waals surface area contributed by atoms with Crippen molar-refractivity contribution in [2.24, 2.45) is 10.1 Å². The second-order valence-corrected chi connectivity index (χ2v) is 6.98. The van der Waals surface area contributed by atoms with Gasteiger partial charge in [-0.15, -0.1) is 11.3 Å². The smallest absolute Gasteiger partial charge is 0.238 e. The van der Waals surface area contributed by atoms with Crippen molar-refractivity contribution in [1.29, 1.82) is 0 Å². The van der Waals surface area contributed by atoms with Gasteiger partial charge in [0, 0.05) is 17.3 Å². The average molecular weight is 331 g/mol. The minimum absolute atomic E-state index is 0.0913. The van der Waals surface area contributed by atoms with Crippen molar-refractivity contribution in [3.8, 4) is 5.69 Å². The van der Waals surface area contributed by atoms with Crippen LogP contribution in [-0.4, -0.2) is 13.0 Å². The van der Waals surface area contributed by atoms with Gasteiger partial charge in [-0.05, 0) is 36.4 Å². The molecule has 0 amide bonds. The van der Waals surface area contributed by atoms with Gasteiger partial charge in [-0.25, -0.2) is 18.5 Å². The monoisotopic (exact) mass is 331 g/mol. The number of thiazole rings is 1. The molecule has 0 aliphatic carbocycles. The van der Waals surface area contributed by atoms with Crippen LogP contribution in [0.5, 0.6) is 0 Å². The zero-order valence-corrected chi connectivity index (χ0v) is 13.1.